The minimum atomic E-state index is 0.00778. The van der Waals surface area contributed by atoms with Gasteiger partial charge in [0.2, 0.25) is 5.95 Å². The van der Waals surface area contributed by atoms with Crippen molar-refractivity contribution in [3.8, 4) is 0 Å². The van der Waals surface area contributed by atoms with Crippen LogP contribution >= 0.6 is 0 Å². The van der Waals surface area contributed by atoms with Gasteiger partial charge < -0.3 is 25.4 Å². The summed E-state index contributed by atoms with van der Waals surface area (Å²) in [5.41, 5.74) is 1.39. The lowest BCUT2D eigenvalue weighted by Gasteiger charge is -2.08. The molecule has 0 aliphatic carbocycles. The molecule has 0 atom stereocenters. The summed E-state index contributed by atoms with van der Waals surface area (Å²) in [4.78, 5) is 12.9. The number of aliphatic hydroxyl groups excluding tert-OH is 2. The summed E-state index contributed by atoms with van der Waals surface area (Å²) in [6.07, 6.45) is 1.71. The second-order valence-corrected chi connectivity index (χ2v) is 3.90. The van der Waals surface area contributed by atoms with Gasteiger partial charge in [-0.1, -0.05) is 0 Å². The average molecular weight is 266 g/mol. The van der Waals surface area contributed by atoms with Gasteiger partial charge in [-0.05, 0) is 6.92 Å². The molecule has 8 heteroatoms. The highest BCUT2D eigenvalue weighted by Gasteiger charge is 2.12. The van der Waals surface area contributed by atoms with Gasteiger partial charge in [-0.3, -0.25) is 0 Å². The summed E-state index contributed by atoms with van der Waals surface area (Å²) in [7, 11) is 0. The quantitative estimate of drug-likeness (QED) is 0.542. The van der Waals surface area contributed by atoms with E-state index in [4.69, 9.17) is 10.2 Å². The number of aliphatic hydroxyl groups is 2. The van der Waals surface area contributed by atoms with Gasteiger partial charge in [0.15, 0.2) is 17.0 Å². The minimum absolute atomic E-state index is 0.00778. The van der Waals surface area contributed by atoms with Crippen molar-refractivity contribution in [2.45, 2.75) is 13.5 Å². The van der Waals surface area contributed by atoms with E-state index in [1.807, 2.05) is 11.5 Å². The number of fused-ring (bicyclic) bond motifs is 1. The lowest BCUT2D eigenvalue weighted by atomic mass is 10.4. The van der Waals surface area contributed by atoms with Crippen molar-refractivity contribution >= 4 is 22.9 Å². The van der Waals surface area contributed by atoms with Crippen LogP contribution in [0, 0.1) is 0 Å². The van der Waals surface area contributed by atoms with Gasteiger partial charge in [0.05, 0.1) is 19.5 Å². The van der Waals surface area contributed by atoms with Crippen LogP contribution in [0.25, 0.3) is 11.2 Å². The van der Waals surface area contributed by atoms with Gasteiger partial charge in [-0.2, -0.15) is 9.97 Å². The maximum atomic E-state index is 8.88. The van der Waals surface area contributed by atoms with Crippen molar-refractivity contribution in [3.63, 3.8) is 0 Å². The number of hydrogen-bond donors (Lipinski definition) is 4. The molecule has 0 saturated heterocycles. The molecule has 0 radical (unpaired) electrons. The fourth-order valence-corrected chi connectivity index (χ4v) is 1.72. The van der Waals surface area contributed by atoms with Gasteiger partial charge in [0.25, 0.3) is 0 Å². The molecule has 0 saturated carbocycles. The Bertz CT molecular complexity index is 541. The second-order valence-electron chi connectivity index (χ2n) is 3.90. The lowest BCUT2D eigenvalue weighted by molar-refractivity contribution is 0.311. The number of imidazole rings is 1. The number of hydrogen-bond acceptors (Lipinski definition) is 7. The Morgan fingerprint density at radius 2 is 1.89 bits per heavy atom. The van der Waals surface area contributed by atoms with Crippen LogP contribution < -0.4 is 10.6 Å². The molecule has 8 nitrogen and oxygen atoms in total. The van der Waals surface area contributed by atoms with Gasteiger partial charge in [-0.25, -0.2) is 4.98 Å². The lowest BCUT2D eigenvalue weighted by Crippen LogP contribution is -2.13. The summed E-state index contributed by atoms with van der Waals surface area (Å²) in [5.74, 6) is 1.00. The number of anilines is 2. The Morgan fingerprint density at radius 1 is 1.16 bits per heavy atom. The van der Waals surface area contributed by atoms with E-state index in [0.717, 1.165) is 12.2 Å². The molecule has 2 aromatic rings. The predicted octanol–water partition coefficient (Wildman–Crippen LogP) is -0.345. The Balaban J connectivity index is 2.41. The van der Waals surface area contributed by atoms with Gasteiger partial charge >= 0.3 is 0 Å². The summed E-state index contributed by atoms with van der Waals surface area (Å²) >= 11 is 0. The van der Waals surface area contributed by atoms with Crippen LogP contribution in [-0.2, 0) is 6.54 Å². The first kappa shape index (κ1) is 13.5. The third-order valence-corrected chi connectivity index (χ3v) is 2.60. The zero-order valence-corrected chi connectivity index (χ0v) is 10.8. The summed E-state index contributed by atoms with van der Waals surface area (Å²) < 4.78 is 1.91. The van der Waals surface area contributed by atoms with Crippen LogP contribution in [0.2, 0.25) is 0 Å². The second kappa shape index (κ2) is 6.30. The predicted molar refractivity (Wildman–Crippen MR) is 72.1 cm³/mol. The van der Waals surface area contributed by atoms with Crippen LogP contribution in [0.5, 0.6) is 0 Å². The van der Waals surface area contributed by atoms with E-state index in [1.54, 1.807) is 6.33 Å². The topological polar surface area (TPSA) is 108 Å². The normalized spacial score (nSPS) is 10.9. The molecule has 0 amide bonds. The van der Waals surface area contributed by atoms with Crippen molar-refractivity contribution in [1.82, 2.24) is 19.5 Å². The number of aromatic nitrogens is 4. The molecule has 0 spiro atoms. The highest BCUT2D eigenvalue weighted by molar-refractivity contribution is 5.84. The maximum absolute atomic E-state index is 8.88. The van der Waals surface area contributed by atoms with Crippen LogP contribution in [0.4, 0.5) is 11.8 Å². The maximum Gasteiger partial charge on any atom is 0.226 e. The molecule has 0 unspecified atom stereocenters. The van der Waals surface area contributed by atoms with Gasteiger partial charge in [0, 0.05) is 19.6 Å². The molecular weight excluding hydrogens is 248 g/mol. The number of aryl methyl sites for hydroxylation is 1. The first-order valence-corrected chi connectivity index (χ1v) is 6.22. The highest BCUT2D eigenvalue weighted by atomic mass is 16.3. The van der Waals surface area contributed by atoms with Crippen molar-refractivity contribution in [1.29, 1.82) is 0 Å². The summed E-state index contributed by atoms with van der Waals surface area (Å²) in [6, 6.07) is 0. The molecule has 19 heavy (non-hydrogen) atoms. The van der Waals surface area contributed by atoms with E-state index >= 15 is 0 Å². The zero-order chi connectivity index (χ0) is 13.7. The minimum Gasteiger partial charge on any atom is -0.395 e. The Morgan fingerprint density at radius 3 is 2.58 bits per heavy atom. The van der Waals surface area contributed by atoms with Gasteiger partial charge in [-0.15, -0.1) is 0 Å². The average Bonchev–Trinajstić information content (AvgIpc) is 2.85. The molecule has 104 valence electrons. The smallest absolute Gasteiger partial charge is 0.226 e. The Kier molecular flexibility index (Phi) is 4.48. The van der Waals surface area contributed by atoms with E-state index in [2.05, 4.69) is 25.6 Å². The molecule has 2 heterocycles. The third-order valence-electron chi connectivity index (χ3n) is 2.60. The van der Waals surface area contributed by atoms with Crippen LogP contribution in [0.3, 0.4) is 0 Å². The molecule has 0 fully saturated rings. The number of rotatable bonds is 7. The molecule has 0 aliphatic rings. The first-order chi connectivity index (χ1) is 9.30. The molecule has 0 bridgehead atoms. The molecule has 4 N–H and O–H groups in total. The summed E-state index contributed by atoms with van der Waals surface area (Å²) in [5, 5.41) is 23.7. The molecule has 0 aromatic carbocycles. The molecular formula is C11H18N6O2. The van der Waals surface area contributed by atoms with Crippen molar-refractivity contribution in [3.05, 3.63) is 6.33 Å². The third kappa shape index (κ3) is 2.91. The number of nitrogens with zero attached hydrogens (tertiary/aromatic N) is 4. The molecule has 0 aliphatic heterocycles. The van der Waals surface area contributed by atoms with Crippen molar-refractivity contribution in [2.75, 3.05) is 36.9 Å². The number of nitrogens with one attached hydrogen (secondary N) is 2. The fourth-order valence-electron chi connectivity index (χ4n) is 1.72. The van der Waals surface area contributed by atoms with E-state index in [-0.39, 0.29) is 13.2 Å². The van der Waals surface area contributed by atoms with Crippen molar-refractivity contribution < 1.29 is 10.2 Å². The highest BCUT2D eigenvalue weighted by Crippen LogP contribution is 2.20. The van der Waals surface area contributed by atoms with Gasteiger partial charge in [0.1, 0.15) is 0 Å². The standard InChI is InChI=1S/C11H18N6O2/c1-2-17-7-14-8-9(12-3-5-18)15-11(13-4-6-19)16-10(8)17/h7,18-19H,2-6H2,1H3,(H2,12,13,15,16). The zero-order valence-electron chi connectivity index (χ0n) is 10.8. The van der Waals surface area contributed by atoms with E-state index in [1.165, 1.54) is 0 Å². The SMILES string of the molecule is CCn1cnc2c(NCCO)nc(NCCO)nc21. The Labute approximate surface area is 110 Å². The van der Waals surface area contributed by atoms with E-state index in [9.17, 15) is 0 Å². The fraction of sp³-hybridized carbons (Fsp3) is 0.545. The largest absolute Gasteiger partial charge is 0.395 e. The van der Waals surface area contributed by atoms with Crippen LogP contribution in [0.15, 0.2) is 6.33 Å². The van der Waals surface area contributed by atoms with E-state index in [0.29, 0.717) is 30.4 Å². The monoisotopic (exact) mass is 266 g/mol. The summed E-state index contributed by atoms with van der Waals surface area (Å²) in [6.45, 7) is 3.56. The van der Waals surface area contributed by atoms with Crippen LogP contribution in [-0.4, -0.2) is 56.0 Å². The van der Waals surface area contributed by atoms with E-state index < -0.39 is 0 Å². The molecule has 2 aromatic heterocycles. The molecule has 2 rings (SSSR count). The first-order valence-electron chi connectivity index (χ1n) is 6.22. The van der Waals surface area contributed by atoms with Crippen LogP contribution in [0.1, 0.15) is 6.92 Å². The Hall–Kier alpha value is -1.93. The van der Waals surface area contributed by atoms with Crippen molar-refractivity contribution in [2.24, 2.45) is 0 Å².